The maximum absolute atomic E-state index is 12.1. The number of hydrogen-bond acceptors (Lipinski definition) is 2. The first-order valence-corrected chi connectivity index (χ1v) is 6.60. The predicted octanol–water partition coefficient (Wildman–Crippen LogP) is 2.54. The van der Waals surface area contributed by atoms with Gasteiger partial charge in [0.25, 0.3) is 5.91 Å². The molecule has 1 aromatic carbocycles. The van der Waals surface area contributed by atoms with E-state index in [0.717, 1.165) is 18.4 Å². The molecule has 1 aliphatic rings. The van der Waals surface area contributed by atoms with Crippen LogP contribution in [-0.2, 0) is 4.79 Å². The van der Waals surface area contributed by atoms with Crippen LogP contribution in [0.15, 0.2) is 54.1 Å². The van der Waals surface area contributed by atoms with E-state index in [1.165, 1.54) is 0 Å². The lowest BCUT2D eigenvalue weighted by Crippen LogP contribution is -2.38. The zero-order valence-corrected chi connectivity index (χ0v) is 11.1. The first-order chi connectivity index (χ1) is 9.66. The third-order valence-corrected chi connectivity index (χ3v) is 3.21. The van der Waals surface area contributed by atoms with Crippen molar-refractivity contribution >= 4 is 11.9 Å². The van der Waals surface area contributed by atoms with Crippen molar-refractivity contribution in [2.24, 2.45) is 0 Å². The molecule has 2 rings (SSSR count). The number of hydrogen-bond donors (Lipinski definition) is 2. The molecule has 0 spiro atoms. The van der Waals surface area contributed by atoms with Gasteiger partial charge in [-0.25, -0.2) is 0 Å². The van der Waals surface area contributed by atoms with Gasteiger partial charge in [-0.2, -0.15) is 0 Å². The Morgan fingerprint density at radius 1 is 1.25 bits per heavy atom. The van der Waals surface area contributed by atoms with E-state index in [0.29, 0.717) is 5.56 Å². The lowest BCUT2D eigenvalue weighted by molar-refractivity contribution is -0.137. The Bertz CT molecular complexity index is 546. The van der Waals surface area contributed by atoms with Gasteiger partial charge in [0.15, 0.2) is 0 Å². The van der Waals surface area contributed by atoms with Crippen molar-refractivity contribution in [3.63, 3.8) is 0 Å². The average Bonchev–Trinajstić information content (AvgIpc) is 2.48. The molecule has 4 nitrogen and oxygen atoms in total. The molecule has 104 valence electrons. The summed E-state index contributed by atoms with van der Waals surface area (Å²) in [6.07, 6.45) is 7.38. The number of allylic oxidation sites excluding steroid dienone is 3. The number of carbonyl (C=O) groups is 2. The highest BCUT2D eigenvalue weighted by atomic mass is 16.4. The fraction of sp³-hybridized carbons (Fsp3) is 0.250. The van der Waals surface area contributed by atoms with Gasteiger partial charge in [0.1, 0.15) is 0 Å². The Balaban J connectivity index is 2.11. The quantitative estimate of drug-likeness (QED) is 0.864. The Hall–Kier alpha value is -2.36. The Kier molecular flexibility index (Phi) is 4.71. The Morgan fingerprint density at radius 3 is 2.60 bits per heavy atom. The first-order valence-electron chi connectivity index (χ1n) is 6.60. The third-order valence-electron chi connectivity index (χ3n) is 3.21. The molecule has 0 unspecified atom stereocenters. The van der Waals surface area contributed by atoms with Crippen LogP contribution in [0.1, 0.15) is 29.6 Å². The summed E-state index contributed by atoms with van der Waals surface area (Å²) < 4.78 is 0. The molecule has 0 aliphatic heterocycles. The van der Waals surface area contributed by atoms with Crippen molar-refractivity contribution in [2.45, 2.75) is 25.3 Å². The van der Waals surface area contributed by atoms with Crippen LogP contribution in [0.4, 0.5) is 0 Å². The molecule has 1 amide bonds. The van der Waals surface area contributed by atoms with Crippen molar-refractivity contribution in [1.82, 2.24) is 5.32 Å². The maximum atomic E-state index is 12.1. The number of aliphatic carboxylic acids is 1. The summed E-state index contributed by atoms with van der Waals surface area (Å²) >= 11 is 0. The van der Waals surface area contributed by atoms with E-state index in [-0.39, 0.29) is 12.3 Å². The lowest BCUT2D eigenvalue weighted by atomic mass is 9.95. The maximum Gasteiger partial charge on any atom is 0.305 e. The second-order valence-corrected chi connectivity index (χ2v) is 4.70. The van der Waals surface area contributed by atoms with E-state index in [4.69, 9.17) is 5.11 Å². The lowest BCUT2D eigenvalue weighted by Gasteiger charge is -2.21. The second kappa shape index (κ2) is 6.70. The van der Waals surface area contributed by atoms with E-state index < -0.39 is 12.0 Å². The molecule has 0 bridgehead atoms. The highest BCUT2D eigenvalue weighted by Gasteiger charge is 2.21. The van der Waals surface area contributed by atoms with Crippen LogP contribution in [-0.4, -0.2) is 23.0 Å². The van der Waals surface area contributed by atoms with Crippen LogP contribution in [0.3, 0.4) is 0 Å². The summed E-state index contributed by atoms with van der Waals surface area (Å²) in [6, 6.07) is 8.36. The molecule has 0 heterocycles. The zero-order valence-electron chi connectivity index (χ0n) is 11.1. The van der Waals surface area contributed by atoms with Crippen LogP contribution < -0.4 is 5.32 Å². The molecule has 2 N–H and O–H groups in total. The molecule has 1 aliphatic carbocycles. The number of carbonyl (C=O) groups excluding carboxylic acids is 1. The van der Waals surface area contributed by atoms with Crippen molar-refractivity contribution < 1.29 is 14.7 Å². The molecule has 1 atom stereocenters. The SMILES string of the molecule is O=C(O)C[C@H](NC(=O)c1ccccc1)C1=CC=CCC1. The second-order valence-electron chi connectivity index (χ2n) is 4.70. The van der Waals surface area contributed by atoms with Gasteiger partial charge in [-0.05, 0) is 30.5 Å². The number of carboxylic acids is 1. The average molecular weight is 271 g/mol. The molecule has 20 heavy (non-hydrogen) atoms. The highest BCUT2D eigenvalue weighted by Crippen LogP contribution is 2.18. The smallest absolute Gasteiger partial charge is 0.305 e. The van der Waals surface area contributed by atoms with Gasteiger partial charge in [0.05, 0.1) is 12.5 Å². The summed E-state index contributed by atoms with van der Waals surface area (Å²) in [5.74, 6) is -1.16. The fourth-order valence-electron chi connectivity index (χ4n) is 2.19. The molecule has 1 aromatic rings. The molecule has 0 saturated heterocycles. The third kappa shape index (κ3) is 3.82. The minimum absolute atomic E-state index is 0.0990. The summed E-state index contributed by atoms with van der Waals surface area (Å²) in [4.78, 5) is 23.1. The van der Waals surface area contributed by atoms with Crippen molar-refractivity contribution in [3.8, 4) is 0 Å². The van der Waals surface area contributed by atoms with Gasteiger partial charge in [0.2, 0.25) is 0 Å². The Labute approximate surface area is 117 Å². The zero-order chi connectivity index (χ0) is 14.4. The minimum atomic E-state index is -0.918. The number of rotatable bonds is 5. The van der Waals surface area contributed by atoms with E-state index in [1.54, 1.807) is 24.3 Å². The highest BCUT2D eigenvalue weighted by molar-refractivity contribution is 5.94. The fourth-order valence-corrected chi connectivity index (χ4v) is 2.19. The number of amides is 1. The topological polar surface area (TPSA) is 66.4 Å². The van der Waals surface area contributed by atoms with Crippen molar-refractivity contribution in [2.75, 3.05) is 0 Å². The van der Waals surface area contributed by atoms with Crippen molar-refractivity contribution in [3.05, 3.63) is 59.7 Å². The van der Waals surface area contributed by atoms with Crippen LogP contribution in [0.25, 0.3) is 0 Å². The normalized spacial score (nSPS) is 15.3. The van der Waals surface area contributed by atoms with Crippen molar-refractivity contribution in [1.29, 1.82) is 0 Å². The van der Waals surface area contributed by atoms with Crippen LogP contribution in [0, 0.1) is 0 Å². The molecule has 0 saturated carbocycles. The van der Waals surface area contributed by atoms with E-state index in [9.17, 15) is 9.59 Å². The van der Waals surface area contributed by atoms with Crippen LogP contribution in [0.5, 0.6) is 0 Å². The van der Waals surface area contributed by atoms with Crippen LogP contribution >= 0.6 is 0 Å². The molecule has 0 radical (unpaired) electrons. The van der Waals surface area contributed by atoms with E-state index in [1.807, 2.05) is 24.3 Å². The standard InChI is InChI=1S/C16H17NO3/c18-15(19)11-14(12-7-3-1-4-8-12)17-16(20)13-9-5-2-6-10-13/h1-3,5-7,9-10,14H,4,8,11H2,(H,17,20)(H,18,19)/t14-/m0/s1. The summed E-state index contributed by atoms with van der Waals surface area (Å²) in [6.45, 7) is 0. The van der Waals surface area contributed by atoms with E-state index in [2.05, 4.69) is 5.32 Å². The predicted molar refractivity (Wildman–Crippen MR) is 76.4 cm³/mol. The molecular formula is C16H17NO3. The van der Waals surface area contributed by atoms with Gasteiger partial charge in [-0.1, -0.05) is 36.4 Å². The molecule has 0 fully saturated rings. The van der Waals surface area contributed by atoms with Gasteiger partial charge in [-0.15, -0.1) is 0 Å². The molecular weight excluding hydrogens is 254 g/mol. The van der Waals surface area contributed by atoms with Gasteiger partial charge in [-0.3, -0.25) is 9.59 Å². The summed E-state index contributed by atoms with van der Waals surface area (Å²) in [5.41, 5.74) is 1.49. The largest absolute Gasteiger partial charge is 0.481 e. The first kappa shape index (κ1) is 14.1. The molecule has 0 aromatic heterocycles. The van der Waals surface area contributed by atoms with E-state index >= 15 is 0 Å². The van der Waals surface area contributed by atoms with Gasteiger partial charge >= 0.3 is 5.97 Å². The molecule has 4 heteroatoms. The van der Waals surface area contributed by atoms with Crippen LogP contribution in [0.2, 0.25) is 0 Å². The van der Waals surface area contributed by atoms with Gasteiger partial charge in [0, 0.05) is 5.56 Å². The minimum Gasteiger partial charge on any atom is -0.481 e. The van der Waals surface area contributed by atoms with Gasteiger partial charge < -0.3 is 10.4 Å². The number of benzene rings is 1. The number of nitrogens with one attached hydrogen (secondary N) is 1. The summed E-state index contributed by atoms with van der Waals surface area (Å²) in [7, 11) is 0. The monoisotopic (exact) mass is 271 g/mol. The Morgan fingerprint density at radius 2 is 2.00 bits per heavy atom. The summed E-state index contributed by atoms with van der Waals surface area (Å²) in [5, 5.41) is 11.8. The number of carboxylic acid groups (broad SMARTS) is 1.